The SMILES string of the molecule is C=Cc1ccccc1C1CCCN1C1CC2(CCN(C(=O)OC(C)(C)C)CC2)C1. The van der Waals surface area contributed by atoms with Crippen molar-refractivity contribution < 1.29 is 9.53 Å². The molecular formula is C25H36N2O2. The van der Waals surface area contributed by atoms with Gasteiger partial charge in [0.25, 0.3) is 0 Å². The largest absolute Gasteiger partial charge is 0.444 e. The minimum atomic E-state index is -0.416. The maximum absolute atomic E-state index is 12.4. The van der Waals surface area contributed by atoms with Gasteiger partial charge >= 0.3 is 6.09 Å². The molecule has 1 aromatic carbocycles. The fourth-order valence-corrected chi connectivity index (χ4v) is 5.63. The van der Waals surface area contributed by atoms with Crippen LogP contribution in [-0.2, 0) is 4.74 Å². The summed E-state index contributed by atoms with van der Waals surface area (Å²) in [6.45, 7) is 12.7. The van der Waals surface area contributed by atoms with Crippen molar-refractivity contribution in [1.82, 2.24) is 9.80 Å². The lowest BCUT2D eigenvalue weighted by molar-refractivity contribution is -0.0515. The summed E-state index contributed by atoms with van der Waals surface area (Å²) in [4.78, 5) is 17.0. The van der Waals surface area contributed by atoms with Crippen molar-refractivity contribution >= 4 is 12.2 Å². The first-order valence-corrected chi connectivity index (χ1v) is 11.3. The molecule has 1 unspecified atom stereocenters. The number of benzene rings is 1. The number of likely N-dealkylation sites (tertiary alicyclic amines) is 2. The zero-order chi connectivity index (χ0) is 20.6. The molecule has 4 heteroatoms. The third-order valence-electron chi connectivity index (χ3n) is 7.15. The fourth-order valence-electron chi connectivity index (χ4n) is 5.63. The second kappa shape index (κ2) is 7.79. The number of carbonyl (C=O) groups is 1. The summed E-state index contributed by atoms with van der Waals surface area (Å²) in [5.74, 6) is 0. The fraction of sp³-hybridized carbons (Fsp3) is 0.640. The van der Waals surface area contributed by atoms with E-state index in [0.717, 1.165) is 25.9 Å². The van der Waals surface area contributed by atoms with E-state index in [4.69, 9.17) is 4.74 Å². The van der Waals surface area contributed by atoms with Gasteiger partial charge in [0.2, 0.25) is 0 Å². The molecule has 4 nitrogen and oxygen atoms in total. The van der Waals surface area contributed by atoms with Gasteiger partial charge in [0.05, 0.1) is 0 Å². The van der Waals surface area contributed by atoms with Crippen LogP contribution in [0, 0.1) is 5.41 Å². The Labute approximate surface area is 175 Å². The predicted molar refractivity (Wildman–Crippen MR) is 118 cm³/mol. The van der Waals surface area contributed by atoms with Gasteiger partial charge in [-0.3, -0.25) is 4.90 Å². The molecule has 2 saturated heterocycles. The minimum absolute atomic E-state index is 0.149. The standard InChI is InChI=1S/C25H36N2O2/c1-5-19-9-6-7-10-21(19)22-11-8-14-27(22)20-17-25(18-20)12-15-26(16-13-25)23(28)29-24(2,3)4/h5-7,9-10,20,22H,1,8,11-18H2,2-4H3. The van der Waals surface area contributed by atoms with Gasteiger partial charge in [-0.15, -0.1) is 0 Å². The lowest BCUT2D eigenvalue weighted by Gasteiger charge is -2.55. The molecular weight excluding hydrogens is 360 g/mol. The third-order valence-corrected chi connectivity index (χ3v) is 7.15. The van der Waals surface area contributed by atoms with Crippen LogP contribution in [0.3, 0.4) is 0 Å². The molecule has 1 aromatic rings. The van der Waals surface area contributed by atoms with Crippen molar-refractivity contribution in [3.63, 3.8) is 0 Å². The van der Waals surface area contributed by atoms with Crippen molar-refractivity contribution in [3.05, 3.63) is 42.0 Å². The first-order valence-electron chi connectivity index (χ1n) is 11.3. The predicted octanol–water partition coefficient (Wildman–Crippen LogP) is 5.65. The van der Waals surface area contributed by atoms with Crippen molar-refractivity contribution in [2.45, 2.75) is 77.0 Å². The number of nitrogens with zero attached hydrogens (tertiary/aromatic N) is 2. The Balaban J connectivity index is 1.34. The van der Waals surface area contributed by atoms with E-state index in [9.17, 15) is 4.79 Å². The van der Waals surface area contributed by atoms with Gasteiger partial charge in [0.1, 0.15) is 5.60 Å². The molecule has 1 amide bonds. The lowest BCUT2D eigenvalue weighted by Crippen LogP contribution is -2.55. The average molecular weight is 397 g/mol. The van der Waals surface area contributed by atoms with E-state index >= 15 is 0 Å². The highest BCUT2D eigenvalue weighted by Gasteiger charge is 2.50. The van der Waals surface area contributed by atoms with E-state index in [1.54, 1.807) is 0 Å². The molecule has 0 radical (unpaired) electrons. The summed E-state index contributed by atoms with van der Waals surface area (Å²) in [5, 5.41) is 0. The van der Waals surface area contributed by atoms with Crippen LogP contribution in [-0.4, -0.2) is 47.2 Å². The topological polar surface area (TPSA) is 32.8 Å². The average Bonchev–Trinajstić information content (AvgIpc) is 3.14. The van der Waals surface area contributed by atoms with Crippen LogP contribution < -0.4 is 0 Å². The molecule has 2 heterocycles. The molecule has 0 aromatic heterocycles. The number of hydrogen-bond donors (Lipinski definition) is 0. The second-order valence-electron chi connectivity index (χ2n) is 10.3. The molecule has 0 bridgehead atoms. The molecule has 29 heavy (non-hydrogen) atoms. The molecule has 0 N–H and O–H groups in total. The zero-order valence-corrected chi connectivity index (χ0v) is 18.3. The first-order chi connectivity index (χ1) is 13.8. The maximum atomic E-state index is 12.4. The number of carbonyl (C=O) groups excluding carboxylic acids is 1. The Kier molecular flexibility index (Phi) is 5.50. The van der Waals surface area contributed by atoms with E-state index in [1.807, 2.05) is 31.7 Å². The summed E-state index contributed by atoms with van der Waals surface area (Å²) in [7, 11) is 0. The van der Waals surface area contributed by atoms with Crippen LogP contribution in [0.25, 0.3) is 6.08 Å². The van der Waals surface area contributed by atoms with E-state index < -0.39 is 5.60 Å². The Hall–Kier alpha value is -1.81. The molecule has 1 atom stereocenters. The van der Waals surface area contributed by atoms with Crippen LogP contribution in [0.2, 0.25) is 0 Å². The summed E-state index contributed by atoms with van der Waals surface area (Å²) < 4.78 is 5.55. The summed E-state index contributed by atoms with van der Waals surface area (Å²) in [6, 6.07) is 9.97. The Morgan fingerprint density at radius 3 is 2.52 bits per heavy atom. The normalized spacial score (nSPS) is 25.1. The molecule has 2 aliphatic heterocycles. The zero-order valence-electron chi connectivity index (χ0n) is 18.3. The number of piperidine rings is 1. The maximum Gasteiger partial charge on any atom is 0.410 e. The lowest BCUT2D eigenvalue weighted by atomic mass is 9.60. The number of ether oxygens (including phenoxy) is 1. The molecule has 1 saturated carbocycles. The van der Waals surface area contributed by atoms with Crippen LogP contribution in [0.15, 0.2) is 30.8 Å². The molecule has 1 spiro atoms. The molecule has 4 rings (SSSR count). The third kappa shape index (κ3) is 4.23. The smallest absolute Gasteiger partial charge is 0.410 e. The number of hydrogen-bond acceptors (Lipinski definition) is 3. The van der Waals surface area contributed by atoms with E-state index in [-0.39, 0.29) is 6.09 Å². The summed E-state index contributed by atoms with van der Waals surface area (Å²) in [5.41, 5.74) is 2.75. The van der Waals surface area contributed by atoms with Crippen LogP contribution in [0.1, 0.15) is 76.5 Å². The minimum Gasteiger partial charge on any atom is -0.444 e. The van der Waals surface area contributed by atoms with Crippen molar-refractivity contribution in [2.24, 2.45) is 5.41 Å². The molecule has 158 valence electrons. The van der Waals surface area contributed by atoms with Gasteiger partial charge in [-0.25, -0.2) is 4.79 Å². The highest BCUT2D eigenvalue weighted by atomic mass is 16.6. The number of rotatable bonds is 3. The Bertz CT molecular complexity index is 750. The molecule has 3 aliphatic rings. The summed E-state index contributed by atoms with van der Waals surface area (Å²) >= 11 is 0. The molecule has 3 fully saturated rings. The summed E-state index contributed by atoms with van der Waals surface area (Å²) in [6.07, 6.45) is 9.18. The van der Waals surface area contributed by atoms with Crippen molar-refractivity contribution in [1.29, 1.82) is 0 Å². The van der Waals surface area contributed by atoms with E-state index in [2.05, 4.69) is 35.7 Å². The van der Waals surface area contributed by atoms with E-state index in [1.165, 1.54) is 43.4 Å². The van der Waals surface area contributed by atoms with Gasteiger partial charge in [0, 0.05) is 25.2 Å². The van der Waals surface area contributed by atoms with Gasteiger partial charge in [-0.05, 0) is 82.4 Å². The van der Waals surface area contributed by atoms with E-state index in [0.29, 0.717) is 17.5 Å². The van der Waals surface area contributed by atoms with Crippen molar-refractivity contribution in [3.8, 4) is 0 Å². The van der Waals surface area contributed by atoms with Crippen LogP contribution in [0.4, 0.5) is 4.79 Å². The van der Waals surface area contributed by atoms with Gasteiger partial charge < -0.3 is 9.64 Å². The second-order valence-corrected chi connectivity index (χ2v) is 10.3. The quantitative estimate of drug-likeness (QED) is 0.662. The highest BCUT2D eigenvalue weighted by Crippen LogP contribution is 2.53. The first kappa shape index (κ1) is 20.5. The monoisotopic (exact) mass is 396 g/mol. The van der Waals surface area contributed by atoms with Gasteiger partial charge in [-0.1, -0.05) is 36.9 Å². The van der Waals surface area contributed by atoms with Crippen molar-refractivity contribution in [2.75, 3.05) is 19.6 Å². The Morgan fingerprint density at radius 1 is 1.17 bits per heavy atom. The van der Waals surface area contributed by atoms with Crippen LogP contribution in [0.5, 0.6) is 0 Å². The number of amides is 1. The van der Waals surface area contributed by atoms with Gasteiger partial charge in [-0.2, -0.15) is 0 Å². The molecule has 1 aliphatic carbocycles. The highest BCUT2D eigenvalue weighted by molar-refractivity contribution is 5.68. The van der Waals surface area contributed by atoms with Gasteiger partial charge in [0.15, 0.2) is 0 Å². The Morgan fingerprint density at radius 2 is 1.86 bits per heavy atom. The van der Waals surface area contributed by atoms with Crippen LogP contribution >= 0.6 is 0 Å².